The van der Waals surface area contributed by atoms with Crippen LogP contribution < -0.4 is 0 Å². The molecule has 1 heterocycles. The first-order valence-electron chi connectivity index (χ1n) is 4.10. The molecule has 60 valence electrons. The van der Waals surface area contributed by atoms with Gasteiger partial charge in [0.05, 0.1) is 0 Å². The number of aromatic amines is 1. The molecule has 1 nitrogen and oxygen atoms in total. The average Bonchev–Trinajstić information content (AvgIpc) is 2.51. The van der Waals surface area contributed by atoms with Crippen molar-refractivity contribution in [1.82, 2.24) is 4.98 Å². The molecular formula is C11H11N. The van der Waals surface area contributed by atoms with Gasteiger partial charge in [0, 0.05) is 11.7 Å². The van der Waals surface area contributed by atoms with Gasteiger partial charge in [0.25, 0.3) is 0 Å². The van der Waals surface area contributed by atoms with E-state index in [1.165, 1.54) is 16.5 Å². The van der Waals surface area contributed by atoms with Crippen LogP contribution in [0.2, 0.25) is 0 Å². The highest BCUT2D eigenvalue weighted by atomic mass is 14.7. The summed E-state index contributed by atoms with van der Waals surface area (Å²) in [5, 5.41) is 1.27. The fraction of sp³-hybridized carbons (Fsp3) is 0.0909. The van der Waals surface area contributed by atoms with E-state index in [-0.39, 0.29) is 0 Å². The molecule has 2 rings (SSSR count). The van der Waals surface area contributed by atoms with Crippen molar-refractivity contribution < 1.29 is 0 Å². The Kier molecular flexibility index (Phi) is 1.71. The van der Waals surface area contributed by atoms with Gasteiger partial charge in [0.1, 0.15) is 0 Å². The van der Waals surface area contributed by atoms with E-state index in [2.05, 4.69) is 35.3 Å². The molecule has 0 fully saturated rings. The average molecular weight is 157 g/mol. The fourth-order valence-corrected chi connectivity index (χ4v) is 1.36. The van der Waals surface area contributed by atoms with Crippen LogP contribution >= 0.6 is 0 Å². The van der Waals surface area contributed by atoms with E-state index in [0.717, 1.165) is 0 Å². The van der Waals surface area contributed by atoms with Crippen molar-refractivity contribution in [2.45, 2.75) is 6.92 Å². The molecule has 1 N–H and O–H groups in total. The molecule has 0 atom stereocenters. The van der Waals surface area contributed by atoms with E-state index in [1.807, 2.05) is 19.2 Å². The minimum absolute atomic E-state index is 1.20. The Bertz CT molecular complexity index is 410. The first kappa shape index (κ1) is 7.17. The summed E-state index contributed by atoms with van der Waals surface area (Å²) in [7, 11) is 0. The van der Waals surface area contributed by atoms with Crippen LogP contribution in [0.3, 0.4) is 0 Å². The molecule has 2 aromatic rings. The molecule has 1 aromatic carbocycles. The lowest BCUT2D eigenvalue weighted by Gasteiger charge is -1.92. The molecule has 0 aliphatic rings. The van der Waals surface area contributed by atoms with Crippen LogP contribution in [0.25, 0.3) is 17.0 Å². The van der Waals surface area contributed by atoms with Gasteiger partial charge in [-0.15, -0.1) is 0 Å². The minimum atomic E-state index is 1.20. The van der Waals surface area contributed by atoms with E-state index < -0.39 is 0 Å². The van der Waals surface area contributed by atoms with Crippen molar-refractivity contribution in [1.29, 1.82) is 0 Å². The maximum atomic E-state index is 3.18. The lowest BCUT2D eigenvalue weighted by atomic mass is 10.1. The Balaban J connectivity index is 2.60. The third-order valence-corrected chi connectivity index (χ3v) is 1.94. The number of allylic oxidation sites excluding steroid dienone is 1. The van der Waals surface area contributed by atoms with Crippen molar-refractivity contribution in [3.05, 3.63) is 42.1 Å². The summed E-state index contributed by atoms with van der Waals surface area (Å²) in [5.41, 5.74) is 2.44. The number of hydrogen-bond acceptors (Lipinski definition) is 0. The first-order valence-corrected chi connectivity index (χ1v) is 4.10. The predicted molar refractivity (Wildman–Crippen MR) is 53.0 cm³/mol. The van der Waals surface area contributed by atoms with Gasteiger partial charge >= 0.3 is 0 Å². The van der Waals surface area contributed by atoms with Gasteiger partial charge in [-0.1, -0.05) is 24.3 Å². The molecule has 12 heavy (non-hydrogen) atoms. The zero-order valence-corrected chi connectivity index (χ0v) is 7.04. The van der Waals surface area contributed by atoms with Gasteiger partial charge in [-0.25, -0.2) is 0 Å². The highest BCUT2D eigenvalue weighted by molar-refractivity contribution is 5.81. The quantitative estimate of drug-likeness (QED) is 0.654. The zero-order valence-electron chi connectivity index (χ0n) is 7.04. The molecule has 0 bridgehead atoms. The lowest BCUT2D eigenvalue weighted by molar-refractivity contribution is 1.47. The summed E-state index contributed by atoms with van der Waals surface area (Å²) >= 11 is 0. The van der Waals surface area contributed by atoms with Crippen molar-refractivity contribution >= 4 is 17.0 Å². The van der Waals surface area contributed by atoms with Gasteiger partial charge in [-0.3, -0.25) is 0 Å². The molecule has 0 amide bonds. The van der Waals surface area contributed by atoms with Crippen LogP contribution in [0.5, 0.6) is 0 Å². The van der Waals surface area contributed by atoms with Crippen molar-refractivity contribution in [2.75, 3.05) is 0 Å². The second-order valence-corrected chi connectivity index (χ2v) is 2.82. The van der Waals surface area contributed by atoms with Crippen molar-refractivity contribution in [2.24, 2.45) is 0 Å². The summed E-state index contributed by atoms with van der Waals surface area (Å²) in [6.45, 7) is 2.03. The second-order valence-electron chi connectivity index (χ2n) is 2.82. The van der Waals surface area contributed by atoms with E-state index >= 15 is 0 Å². The van der Waals surface area contributed by atoms with E-state index in [1.54, 1.807) is 0 Å². The van der Waals surface area contributed by atoms with Crippen LogP contribution in [-0.2, 0) is 0 Å². The summed E-state index contributed by atoms with van der Waals surface area (Å²) in [4.78, 5) is 3.18. The highest BCUT2D eigenvalue weighted by Crippen LogP contribution is 2.14. The molecule has 0 unspecified atom stereocenters. The van der Waals surface area contributed by atoms with E-state index in [0.29, 0.717) is 0 Å². The summed E-state index contributed by atoms with van der Waals surface area (Å²) in [6, 6.07) is 8.47. The number of H-pyrrole nitrogens is 1. The largest absolute Gasteiger partial charge is 0.361 e. The summed E-state index contributed by atoms with van der Waals surface area (Å²) in [6.07, 6.45) is 6.11. The maximum Gasteiger partial charge on any atom is 0.0459 e. The molecule has 0 radical (unpaired) electrons. The van der Waals surface area contributed by atoms with Gasteiger partial charge in [-0.2, -0.15) is 0 Å². The second kappa shape index (κ2) is 2.86. The number of nitrogens with one attached hydrogen (secondary N) is 1. The Morgan fingerprint density at radius 2 is 2.17 bits per heavy atom. The lowest BCUT2D eigenvalue weighted by Crippen LogP contribution is -1.71. The molecule has 1 heteroatoms. The van der Waals surface area contributed by atoms with Crippen LogP contribution in [0.1, 0.15) is 12.5 Å². The Labute approximate surface area is 71.7 Å². The predicted octanol–water partition coefficient (Wildman–Crippen LogP) is 3.20. The van der Waals surface area contributed by atoms with Crippen LogP contribution in [0.4, 0.5) is 0 Å². The highest BCUT2D eigenvalue weighted by Gasteiger charge is 1.92. The van der Waals surface area contributed by atoms with Crippen molar-refractivity contribution in [3.8, 4) is 0 Å². The first-order chi connectivity index (χ1) is 5.90. The monoisotopic (exact) mass is 157 g/mol. The van der Waals surface area contributed by atoms with Gasteiger partial charge in [0.15, 0.2) is 0 Å². The topological polar surface area (TPSA) is 15.8 Å². The molecule has 0 spiro atoms. The summed E-state index contributed by atoms with van der Waals surface area (Å²) < 4.78 is 0. The van der Waals surface area contributed by atoms with Crippen LogP contribution in [-0.4, -0.2) is 4.98 Å². The number of benzene rings is 1. The Morgan fingerprint density at radius 1 is 1.25 bits per heavy atom. The molecular weight excluding hydrogens is 146 g/mol. The molecule has 0 saturated carbocycles. The third-order valence-electron chi connectivity index (χ3n) is 1.94. The van der Waals surface area contributed by atoms with Crippen LogP contribution in [0, 0.1) is 0 Å². The standard InChI is InChI=1S/C11H11N/c1-2-3-9-4-5-10-6-7-12-11(10)8-9/h2-8,12H,1H3/b3-2-. The molecule has 1 aromatic heterocycles. The third kappa shape index (κ3) is 1.14. The zero-order chi connectivity index (χ0) is 8.39. The molecule has 0 aliphatic carbocycles. The maximum absolute atomic E-state index is 3.18. The SMILES string of the molecule is C/C=C\c1ccc2cc[nH]c2c1. The van der Waals surface area contributed by atoms with E-state index in [9.17, 15) is 0 Å². The normalized spacial score (nSPS) is 11.4. The van der Waals surface area contributed by atoms with Gasteiger partial charge < -0.3 is 4.98 Å². The van der Waals surface area contributed by atoms with Gasteiger partial charge in [-0.05, 0) is 30.0 Å². The summed E-state index contributed by atoms with van der Waals surface area (Å²) in [5.74, 6) is 0. The number of hydrogen-bond donors (Lipinski definition) is 1. The molecule has 0 aliphatic heterocycles. The number of fused-ring (bicyclic) bond motifs is 1. The Morgan fingerprint density at radius 3 is 3.00 bits per heavy atom. The number of rotatable bonds is 1. The smallest absolute Gasteiger partial charge is 0.0459 e. The Hall–Kier alpha value is -1.50. The molecule has 0 saturated heterocycles. The minimum Gasteiger partial charge on any atom is -0.361 e. The van der Waals surface area contributed by atoms with Crippen molar-refractivity contribution in [3.63, 3.8) is 0 Å². The fourth-order valence-electron chi connectivity index (χ4n) is 1.36. The van der Waals surface area contributed by atoms with Crippen LogP contribution in [0.15, 0.2) is 36.5 Å². The van der Waals surface area contributed by atoms with Gasteiger partial charge in [0.2, 0.25) is 0 Å². The van der Waals surface area contributed by atoms with E-state index in [4.69, 9.17) is 0 Å². The number of aromatic nitrogens is 1.